The molecule has 37 heavy (non-hydrogen) atoms. The lowest BCUT2D eigenvalue weighted by molar-refractivity contribution is -0.180. The Morgan fingerprint density at radius 2 is 1.73 bits per heavy atom. The number of nitrogens with zero attached hydrogens (tertiary/aromatic N) is 1. The summed E-state index contributed by atoms with van der Waals surface area (Å²) in [6, 6.07) is 19.2. The van der Waals surface area contributed by atoms with Crippen molar-refractivity contribution in [3.63, 3.8) is 0 Å². The molecule has 1 N–H and O–H groups in total. The summed E-state index contributed by atoms with van der Waals surface area (Å²) in [5, 5.41) is 10.8. The van der Waals surface area contributed by atoms with Crippen LogP contribution in [0.1, 0.15) is 55.0 Å². The zero-order valence-corrected chi connectivity index (χ0v) is 21.8. The molecule has 1 aliphatic heterocycles. The fraction of sp³-hybridized carbons (Fsp3) is 0.310. The van der Waals surface area contributed by atoms with Crippen LogP contribution in [0.2, 0.25) is 10.0 Å². The number of hydrogen-bond donors (Lipinski definition) is 1. The first-order chi connectivity index (χ1) is 17.8. The highest BCUT2D eigenvalue weighted by molar-refractivity contribution is 6.30. The summed E-state index contributed by atoms with van der Waals surface area (Å²) in [6.45, 7) is 1.96. The highest BCUT2D eigenvalue weighted by atomic mass is 35.5. The maximum atomic E-state index is 14.1. The Bertz CT molecular complexity index is 1240. The highest BCUT2D eigenvalue weighted by Crippen LogP contribution is 2.45. The Hall–Kier alpha value is -2.93. The number of rotatable bonds is 9. The van der Waals surface area contributed by atoms with Gasteiger partial charge in [0, 0.05) is 22.5 Å². The summed E-state index contributed by atoms with van der Waals surface area (Å²) < 4.78 is 20.0. The fourth-order valence-electron chi connectivity index (χ4n) is 4.95. The SMILES string of the molecule is CCC[C@H](CC(=O)O)N1C(=O)[C@@H](Cc2ccc(F)cc2)O[C@H](c2cccc(Cl)c2)[C@@H]1c1ccc(Cl)cc1. The van der Waals surface area contributed by atoms with Crippen molar-refractivity contribution in [1.82, 2.24) is 4.90 Å². The second kappa shape index (κ2) is 12.1. The number of carbonyl (C=O) groups excluding carboxylic acids is 1. The molecule has 0 aromatic heterocycles. The fourth-order valence-corrected chi connectivity index (χ4v) is 5.27. The number of halogens is 3. The van der Waals surface area contributed by atoms with Gasteiger partial charge in [0.15, 0.2) is 0 Å². The smallest absolute Gasteiger partial charge is 0.305 e. The van der Waals surface area contributed by atoms with Crippen molar-refractivity contribution in [1.29, 1.82) is 0 Å². The van der Waals surface area contributed by atoms with Gasteiger partial charge in [-0.15, -0.1) is 0 Å². The number of benzene rings is 3. The molecule has 4 rings (SSSR count). The average Bonchev–Trinajstić information content (AvgIpc) is 2.86. The number of carbonyl (C=O) groups is 2. The third-order valence-corrected chi connectivity index (χ3v) is 7.06. The minimum Gasteiger partial charge on any atom is -0.481 e. The van der Waals surface area contributed by atoms with Crippen LogP contribution in [0.4, 0.5) is 4.39 Å². The second-order valence-electron chi connectivity index (χ2n) is 9.21. The molecule has 3 aromatic rings. The molecule has 4 atom stereocenters. The predicted octanol–water partition coefficient (Wildman–Crippen LogP) is 7.03. The molecule has 0 saturated carbocycles. The topological polar surface area (TPSA) is 66.8 Å². The first-order valence-corrected chi connectivity index (χ1v) is 13.0. The van der Waals surface area contributed by atoms with E-state index in [1.54, 1.807) is 41.3 Å². The van der Waals surface area contributed by atoms with E-state index in [9.17, 15) is 19.1 Å². The molecule has 1 amide bonds. The van der Waals surface area contributed by atoms with E-state index in [0.717, 1.165) is 16.7 Å². The minimum atomic E-state index is -0.984. The van der Waals surface area contributed by atoms with Crippen LogP contribution in [0, 0.1) is 5.82 Å². The average molecular weight is 544 g/mol. The van der Waals surface area contributed by atoms with Gasteiger partial charge in [-0.3, -0.25) is 9.59 Å². The van der Waals surface area contributed by atoms with Gasteiger partial charge in [-0.2, -0.15) is 0 Å². The van der Waals surface area contributed by atoms with Gasteiger partial charge in [0.1, 0.15) is 18.0 Å². The number of ether oxygens (including phenoxy) is 1. The summed E-state index contributed by atoms with van der Waals surface area (Å²) >= 11 is 12.5. The van der Waals surface area contributed by atoms with E-state index in [1.165, 1.54) is 12.1 Å². The number of morpholine rings is 1. The summed E-state index contributed by atoms with van der Waals surface area (Å²) in [4.78, 5) is 27.6. The van der Waals surface area contributed by atoms with Crippen LogP contribution in [-0.4, -0.2) is 34.0 Å². The number of carboxylic acid groups (broad SMARTS) is 1. The van der Waals surface area contributed by atoms with Crippen LogP contribution >= 0.6 is 23.2 Å². The van der Waals surface area contributed by atoms with E-state index in [4.69, 9.17) is 27.9 Å². The molecule has 8 heteroatoms. The van der Waals surface area contributed by atoms with Gasteiger partial charge in [-0.25, -0.2) is 4.39 Å². The molecule has 0 radical (unpaired) electrons. The van der Waals surface area contributed by atoms with Crippen LogP contribution in [0.15, 0.2) is 72.8 Å². The third-order valence-electron chi connectivity index (χ3n) is 6.58. The molecule has 1 heterocycles. The van der Waals surface area contributed by atoms with Crippen LogP contribution in [-0.2, 0) is 20.7 Å². The van der Waals surface area contributed by atoms with Crippen LogP contribution in [0.25, 0.3) is 0 Å². The van der Waals surface area contributed by atoms with Crippen LogP contribution in [0.3, 0.4) is 0 Å². The van der Waals surface area contributed by atoms with Gasteiger partial charge < -0.3 is 14.7 Å². The lowest BCUT2D eigenvalue weighted by Gasteiger charge is -2.48. The first kappa shape index (κ1) is 27.1. The molecule has 1 aliphatic rings. The van der Waals surface area contributed by atoms with E-state index in [-0.39, 0.29) is 24.6 Å². The normalized spacial score (nSPS) is 20.6. The van der Waals surface area contributed by atoms with Gasteiger partial charge in [-0.05, 0) is 59.5 Å². The zero-order chi connectivity index (χ0) is 26.5. The van der Waals surface area contributed by atoms with Gasteiger partial charge in [0.25, 0.3) is 5.91 Å². The van der Waals surface area contributed by atoms with Crippen molar-refractivity contribution in [2.24, 2.45) is 0 Å². The predicted molar refractivity (Wildman–Crippen MR) is 141 cm³/mol. The van der Waals surface area contributed by atoms with Crippen molar-refractivity contribution in [2.75, 3.05) is 0 Å². The maximum Gasteiger partial charge on any atom is 0.305 e. The van der Waals surface area contributed by atoms with E-state index in [1.807, 2.05) is 31.2 Å². The Labute approximate surface area is 225 Å². The first-order valence-electron chi connectivity index (χ1n) is 12.2. The summed E-state index contributed by atoms with van der Waals surface area (Å²) in [7, 11) is 0. The minimum absolute atomic E-state index is 0.199. The van der Waals surface area contributed by atoms with Crippen molar-refractivity contribution in [3.8, 4) is 0 Å². The van der Waals surface area contributed by atoms with Crippen molar-refractivity contribution in [3.05, 3.63) is 105 Å². The molecule has 5 nitrogen and oxygen atoms in total. The molecular formula is C29H28Cl2FNO4. The standard InChI is InChI=1S/C29H28Cl2FNO4/c1-2-4-24(17-26(34)35)33-27(19-9-11-21(30)12-10-19)28(20-5-3-6-22(31)16-20)37-25(29(33)36)15-18-7-13-23(32)14-8-18/h3,5-14,16,24-25,27-28H,2,4,15,17H2,1H3,(H,34,35)/t24-,25-,27+,28-/m1/s1. The molecule has 0 unspecified atom stereocenters. The third kappa shape index (κ3) is 6.50. The number of hydrogen-bond acceptors (Lipinski definition) is 3. The van der Waals surface area contributed by atoms with E-state index in [0.29, 0.717) is 22.9 Å². The molecule has 1 saturated heterocycles. The lowest BCUT2D eigenvalue weighted by atomic mass is 9.88. The highest BCUT2D eigenvalue weighted by Gasteiger charge is 2.47. The Morgan fingerprint density at radius 1 is 1.03 bits per heavy atom. The van der Waals surface area contributed by atoms with Gasteiger partial charge in [-0.1, -0.05) is 72.9 Å². The van der Waals surface area contributed by atoms with Gasteiger partial charge >= 0.3 is 5.97 Å². The van der Waals surface area contributed by atoms with E-state index in [2.05, 4.69) is 0 Å². The summed E-state index contributed by atoms with van der Waals surface area (Å²) in [6.07, 6.45) is -0.308. The zero-order valence-electron chi connectivity index (χ0n) is 20.3. The molecule has 0 aliphatic carbocycles. The maximum absolute atomic E-state index is 14.1. The molecule has 1 fully saturated rings. The van der Waals surface area contributed by atoms with E-state index < -0.39 is 30.3 Å². The molecule has 194 valence electrons. The van der Waals surface area contributed by atoms with Crippen LogP contribution < -0.4 is 0 Å². The van der Waals surface area contributed by atoms with Crippen molar-refractivity contribution in [2.45, 2.75) is 56.9 Å². The Kier molecular flexibility index (Phi) is 8.85. The summed E-state index contributed by atoms with van der Waals surface area (Å²) in [5.74, 6) is -1.66. The molecule has 3 aromatic carbocycles. The molecule has 0 bridgehead atoms. The molecule has 0 spiro atoms. The Balaban J connectivity index is 1.85. The number of amides is 1. The lowest BCUT2D eigenvalue weighted by Crippen LogP contribution is -2.55. The number of carboxylic acids is 1. The largest absolute Gasteiger partial charge is 0.481 e. The second-order valence-corrected chi connectivity index (χ2v) is 10.1. The summed E-state index contributed by atoms with van der Waals surface area (Å²) in [5.41, 5.74) is 2.27. The monoisotopic (exact) mass is 543 g/mol. The Morgan fingerprint density at radius 3 is 2.35 bits per heavy atom. The quantitative estimate of drug-likeness (QED) is 0.314. The van der Waals surface area contributed by atoms with Crippen molar-refractivity contribution >= 4 is 35.1 Å². The molecular weight excluding hydrogens is 516 g/mol. The van der Waals surface area contributed by atoms with E-state index >= 15 is 0 Å². The van der Waals surface area contributed by atoms with Gasteiger partial charge in [0.05, 0.1) is 12.5 Å². The van der Waals surface area contributed by atoms with Crippen molar-refractivity contribution < 1.29 is 23.8 Å². The van der Waals surface area contributed by atoms with Gasteiger partial charge in [0.2, 0.25) is 0 Å². The number of aliphatic carboxylic acids is 1. The van der Waals surface area contributed by atoms with Crippen LogP contribution in [0.5, 0.6) is 0 Å².